The van der Waals surface area contributed by atoms with Crippen molar-refractivity contribution in [2.75, 3.05) is 82.5 Å². The number of anilines is 1. The Balaban J connectivity index is 0.873. The number of ether oxygens (including phenoxy) is 3. The van der Waals surface area contributed by atoms with Crippen molar-refractivity contribution in [2.24, 2.45) is 5.41 Å². The third kappa shape index (κ3) is 24.7. The first-order valence-electron chi connectivity index (χ1n) is 27.9. The van der Waals surface area contributed by atoms with E-state index in [-0.39, 0.29) is 105 Å². The number of nitrogens with two attached hydrogens (primary N) is 1. The van der Waals surface area contributed by atoms with E-state index >= 15 is 0 Å². The molecule has 0 bridgehead atoms. The molecule has 2 aliphatic heterocycles. The summed E-state index contributed by atoms with van der Waals surface area (Å²) in [5, 5.41) is 26.0. The average Bonchev–Trinajstić information content (AvgIpc) is 2.03. The largest absolute Gasteiger partial charge is 0.481 e. The first kappa shape index (κ1) is 73.8. The fourth-order valence-corrected chi connectivity index (χ4v) is 13.5. The molecule has 4 amide bonds. The van der Waals surface area contributed by atoms with E-state index in [0.29, 0.717) is 50.2 Å². The Bertz CT molecular complexity index is 2910. The average molecular weight is 1350 g/mol. The number of aliphatic hydroxyl groups excluding tert-OH is 2. The number of hydrogen-bond acceptors (Lipinski definition) is 23. The zero-order chi connectivity index (χ0) is 64.0. The number of imide groups is 1. The molecule has 0 aliphatic carbocycles. The van der Waals surface area contributed by atoms with E-state index in [0.717, 1.165) is 47.8 Å². The maximum Gasteiger partial charge on any atom is 0.481 e. The van der Waals surface area contributed by atoms with Gasteiger partial charge in [0.05, 0.1) is 44.6 Å². The minimum Gasteiger partial charge on any atom is -0.386 e. The number of benzene rings is 1. The van der Waals surface area contributed by atoms with Gasteiger partial charge >= 0.3 is 23.5 Å². The van der Waals surface area contributed by atoms with Gasteiger partial charge in [0.25, 0.3) is 0 Å². The molecule has 0 spiro atoms. The minimum absolute atomic E-state index is 0.0132. The highest BCUT2D eigenvalue weighted by atomic mass is 35.5. The number of nitrogens with zero attached hydrogens (tertiary/aromatic N) is 5. The molecule has 87 heavy (non-hydrogen) atoms. The lowest BCUT2D eigenvalue weighted by Crippen LogP contribution is -2.46. The second kappa shape index (κ2) is 35.6. The van der Waals surface area contributed by atoms with Crippen molar-refractivity contribution in [3.05, 3.63) is 48.0 Å². The lowest BCUT2D eigenvalue weighted by Gasteiger charge is -2.30. The van der Waals surface area contributed by atoms with Crippen LogP contribution in [0.1, 0.15) is 108 Å². The van der Waals surface area contributed by atoms with Crippen molar-refractivity contribution in [3.8, 4) is 0 Å². The summed E-state index contributed by atoms with van der Waals surface area (Å²) < 4.78 is 73.7. The Hall–Kier alpha value is -3.91. The van der Waals surface area contributed by atoms with E-state index in [2.05, 4.69) is 58.7 Å². The smallest absolute Gasteiger partial charge is 0.386 e. The lowest BCUT2D eigenvalue weighted by molar-refractivity contribution is -0.139. The SMILES string of the molecule is CC(C)(COP(=O)(O)OP(=O)(O)OC[C@H]1O[C@@H](n2cnc3c(N)ncnc32)[C@@H](O)C1OP(=O)(O)O)[C@@H](O)C(=O)NCCC(=O)NCCSC1CC(=O)N(CCCC(=O)CCOCCOCCCC(=O)CCCc2ccc(C(CCCl)CCCl)cc2)C1=O. The molecular formula is C51H77Cl2N8O22P3S. The second-order valence-electron chi connectivity index (χ2n) is 21.0. The number of halogens is 2. The zero-order valence-corrected chi connectivity index (χ0v) is 53.0. The fourth-order valence-electron chi connectivity index (χ4n) is 9.10. The quantitative estimate of drug-likeness (QED) is 0.0169. The number of carbonyl (C=O) groups is 6. The van der Waals surface area contributed by atoms with E-state index in [1.165, 1.54) is 36.7 Å². The van der Waals surface area contributed by atoms with Crippen molar-refractivity contribution in [2.45, 2.75) is 133 Å². The van der Waals surface area contributed by atoms with Crippen LogP contribution in [0.2, 0.25) is 0 Å². The summed E-state index contributed by atoms with van der Waals surface area (Å²) in [5.74, 6) is -0.452. The standard InChI is InChI=1S/C51H77Cl2N8O22P3S/c1-51(2,30-80-86(75,76)83-85(73,74)79-29-38-44(82-84(70,71)72)43(66)50(81-38)61-32-59-42-46(54)57-31-58-47(42)61)45(67)48(68)56-20-16-40(64)55-21-27-87-39-28-41(65)60(49(39)69)22-4-8-37(63)17-24-78-26-25-77-23-5-9-36(62)7-3-6-33-10-12-34(13-11-33)35(14-18-52)15-19-53/h10-13,31-32,35,38-39,43-45,50,66-67H,3-9,14-30H2,1-2H3,(H,55,64)(H,56,68)(H,73,74)(H,75,76)(H2,54,57,58)(H2,70,71,72)/t38-,39?,43+,44?,45+,50-/m1/s1. The molecule has 0 radical (unpaired) electrons. The Labute approximate surface area is 516 Å². The van der Waals surface area contributed by atoms with Gasteiger partial charge in [-0.3, -0.25) is 51.8 Å². The van der Waals surface area contributed by atoms with E-state index in [9.17, 15) is 72.2 Å². The highest BCUT2D eigenvalue weighted by molar-refractivity contribution is 8.00. The molecule has 30 nitrogen and oxygen atoms in total. The molecule has 3 aromatic rings. The van der Waals surface area contributed by atoms with E-state index in [1.54, 1.807) is 0 Å². The number of amides is 4. The Morgan fingerprint density at radius 3 is 2.20 bits per heavy atom. The molecule has 1 aromatic carbocycles. The summed E-state index contributed by atoms with van der Waals surface area (Å²) in [5.41, 5.74) is 6.62. The summed E-state index contributed by atoms with van der Waals surface area (Å²) in [7, 11) is -16.5. The zero-order valence-electron chi connectivity index (χ0n) is 48.0. The van der Waals surface area contributed by atoms with Crippen LogP contribution in [0.25, 0.3) is 11.2 Å². The van der Waals surface area contributed by atoms with E-state index in [4.69, 9.17) is 52.2 Å². The van der Waals surface area contributed by atoms with Crippen molar-refractivity contribution in [3.63, 3.8) is 0 Å². The molecule has 4 heterocycles. The van der Waals surface area contributed by atoms with Crippen LogP contribution >= 0.6 is 58.4 Å². The molecule has 2 aromatic heterocycles. The van der Waals surface area contributed by atoms with Gasteiger partial charge in [0.2, 0.25) is 23.6 Å². The van der Waals surface area contributed by atoms with Crippen LogP contribution in [0.15, 0.2) is 36.9 Å². The molecule has 488 valence electrons. The van der Waals surface area contributed by atoms with E-state index < -0.39 is 95.7 Å². The van der Waals surface area contributed by atoms with Crippen LogP contribution in [0.5, 0.6) is 0 Å². The molecule has 2 saturated heterocycles. The van der Waals surface area contributed by atoms with Crippen LogP contribution in [-0.4, -0.2) is 196 Å². The van der Waals surface area contributed by atoms with Crippen molar-refractivity contribution in [1.29, 1.82) is 0 Å². The summed E-state index contributed by atoms with van der Waals surface area (Å²) in [6.07, 6.45) is -1.71. The molecule has 10 N–H and O–H groups in total. The van der Waals surface area contributed by atoms with Crippen LogP contribution in [0.4, 0.5) is 5.82 Å². The molecule has 5 rings (SSSR count). The number of aliphatic hydroxyl groups is 2. The van der Waals surface area contributed by atoms with Crippen molar-refractivity contribution in [1.82, 2.24) is 35.1 Å². The number of aryl methyl sites for hydroxylation is 1. The Morgan fingerprint density at radius 2 is 1.51 bits per heavy atom. The number of phosphoric acid groups is 3. The van der Waals surface area contributed by atoms with Gasteiger partial charge in [-0.25, -0.2) is 28.6 Å². The Kier molecular flexibility index (Phi) is 30.2. The molecule has 36 heteroatoms. The van der Waals surface area contributed by atoms with Gasteiger partial charge in [-0.1, -0.05) is 38.1 Å². The minimum atomic E-state index is -5.62. The summed E-state index contributed by atoms with van der Waals surface area (Å²) in [4.78, 5) is 128. The van der Waals surface area contributed by atoms with Crippen LogP contribution in [0.3, 0.4) is 0 Å². The molecule has 2 aliphatic rings. The third-order valence-corrected chi connectivity index (χ3v) is 18.5. The number of Topliss-reactive ketones (excluding diaryl/α,β-unsaturated/α-hetero) is 2. The van der Waals surface area contributed by atoms with Gasteiger partial charge in [0.1, 0.15) is 47.8 Å². The third-order valence-electron chi connectivity index (χ3n) is 13.8. The topological polar surface area (TPSA) is 437 Å². The van der Waals surface area contributed by atoms with Gasteiger partial charge in [0, 0.05) is 87.7 Å². The fraction of sp³-hybridized carbons (Fsp3) is 0.667. The van der Waals surface area contributed by atoms with Gasteiger partial charge in [-0.15, -0.1) is 35.0 Å². The number of rotatable bonds is 43. The summed E-state index contributed by atoms with van der Waals surface area (Å²) >= 11 is 13.1. The number of alkyl halides is 2. The Morgan fingerprint density at radius 1 is 0.851 bits per heavy atom. The second-order valence-corrected chi connectivity index (χ2v) is 27.3. The van der Waals surface area contributed by atoms with Crippen LogP contribution in [-0.2, 0) is 81.0 Å². The normalized spacial score (nSPS) is 20.0. The number of imidazole rings is 1. The highest BCUT2D eigenvalue weighted by Crippen LogP contribution is 2.61. The first-order chi connectivity index (χ1) is 41.1. The maximum absolute atomic E-state index is 13.0. The summed E-state index contributed by atoms with van der Waals surface area (Å²) in [6.45, 7) is 1.50. The van der Waals surface area contributed by atoms with Gasteiger partial charge in [0.15, 0.2) is 17.7 Å². The number of thioether (sulfide) groups is 1. The van der Waals surface area contributed by atoms with Crippen molar-refractivity contribution < 1.29 is 104 Å². The van der Waals surface area contributed by atoms with Gasteiger partial charge in [-0.05, 0) is 55.6 Å². The van der Waals surface area contributed by atoms with Crippen LogP contribution < -0.4 is 16.4 Å². The molecule has 0 saturated carbocycles. The summed E-state index contributed by atoms with van der Waals surface area (Å²) in [6, 6.07) is 8.47. The van der Waals surface area contributed by atoms with Crippen LogP contribution in [0, 0.1) is 5.41 Å². The first-order valence-corrected chi connectivity index (χ1v) is 34.5. The lowest BCUT2D eigenvalue weighted by atomic mass is 9.87. The number of carbonyl (C=O) groups excluding carboxylic acids is 6. The number of aromatic nitrogens is 4. The predicted octanol–water partition coefficient (Wildman–Crippen LogP) is 3.75. The number of nitrogens with one attached hydrogen (secondary N) is 2. The highest BCUT2D eigenvalue weighted by Gasteiger charge is 2.50. The number of nitrogen functional groups attached to an aromatic ring is 1. The van der Waals surface area contributed by atoms with Gasteiger partial charge < -0.3 is 60.4 Å². The predicted molar refractivity (Wildman–Crippen MR) is 315 cm³/mol. The molecular weight excluding hydrogens is 1270 g/mol. The van der Waals surface area contributed by atoms with Gasteiger partial charge in [-0.2, -0.15) is 4.31 Å². The maximum atomic E-state index is 13.0. The number of phosphoric ester groups is 3. The molecule has 8 atom stereocenters. The van der Waals surface area contributed by atoms with E-state index in [1.807, 2.05) is 0 Å². The van der Waals surface area contributed by atoms with Crippen molar-refractivity contribution >= 4 is 111 Å². The molecule has 4 unspecified atom stereocenters. The molecule has 2 fully saturated rings. The number of hydrogen-bond donors (Lipinski definition) is 9. The number of likely N-dealkylation sites (tertiary alicyclic amines) is 1. The number of fused-ring (bicyclic) bond motifs is 1. The monoisotopic (exact) mass is 1350 g/mol. The number of ketones is 2.